The molecule has 0 radical (unpaired) electrons. The normalized spacial score (nSPS) is 15.3. The highest BCUT2D eigenvalue weighted by Gasteiger charge is 2.34. The number of benzene rings is 1. The predicted molar refractivity (Wildman–Crippen MR) is 115 cm³/mol. The average molecular weight is 421 g/mol. The van der Waals surface area contributed by atoms with Gasteiger partial charge in [-0.15, -0.1) is 0 Å². The lowest BCUT2D eigenvalue weighted by atomic mass is 9.90. The monoisotopic (exact) mass is 421 g/mol. The molecule has 1 aromatic carbocycles. The summed E-state index contributed by atoms with van der Waals surface area (Å²) < 4.78 is 29.3. The van der Waals surface area contributed by atoms with Crippen molar-refractivity contribution in [2.75, 3.05) is 19.8 Å². The number of H-pyrrole nitrogens is 1. The van der Waals surface area contributed by atoms with Crippen LogP contribution >= 0.6 is 0 Å². The summed E-state index contributed by atoms with van der Waals surface area (Å²) in [5.74, 6) is 0.276. The van der Waals surface area contributed by atoms with Gasteiger partial charge in [0.25, 0.3) is 0 Å². The molecule has 8 heteroatoms. The van der Waals surface area contributed by atoms with Crippen LogP contribution < -0.4 is 4.74 Å². The summed E-state index contributed by atoms with van der Waals surface area (Å²) in [5, 5.41) is 4.48. The number of halogens is 1. The van der Waals surface area contributed by atoms with E-state index in [2.05, 4.69) is 27.0 Å². The van der Waals surface area contributed by atoms with Crippen molar-refractivity contribution in [3.63, 3.8) is 0 Å². The summed E-state index contributed by atoms with van der Waals surface area (Å²) in [4.78, 5) is 11.5. The molecule has 1 aliphatic heterocycles. The van der Waals surface area contributed by atoms with E-state index in [1.165, 1.54) is 0 Å². The second kappa shape index (κ2) is 7.16. The molecule has 0 unspecified atom stereocenters. The summed E-state index contributed by atoms with van der Waals surface area (Å²) in [6, 6.07) is 5.30. The largest absolute Gasteiger partial charge is 0.493 e. The zero-order chi connectivity index (χ0) is 21.8. The summed E-state index contributed by atoms with van der Waals surface area (Å²) in [6.07, 6.45) is 3.20. The van der Waals surface area contributed by atoms with Gasteiger partial charge < -0.3 is 14.5 Å². The van der Waals surface area contributed by atoms with E-state index in [1.54, 1.807) is 35.4 Å². The molecular formula is C23H24FN5O2. The van der Waals surface area contributed by atoms with Crippen molar-refractivity contribution in [3.05, 3.63) is 47.9 Å². The minimum Gasteiger partial charge on any atom is -0.493 e. The lowest BCUT2D eigenvalue weighted by Crippen LogP contribution is -2.44. The molecule has 1 N–H and O–H groups in total. The number of rotatable bonds is 5. The zero-order valence-corrected chi connectivity index (χ0v) is 18.0. The van der Waals surface area contributed by atoms with Gasteiger partial charge in [-0.05, 0) is 32.0 Å². The minimum absolute atomic E-state index is 0.0256. The molecule has 0 spiro atoms. The molecule has 0 atom stereocenters. The first-order valence-corrected chi connectivity index (χ1v) is 10.2. The van der Waals surface area contributed by atoms with Crippen LogP contribution in [0, 0.1) is 25.1 Å². The van der Waals surface area contributed by atoms with Gasteiger partial charge >= 0.3 is 0 Å². The van der Waals surface area contributed by atoms with E-state index in [0.29, 0.717) is 53.4 Å². The highest BCUT2D eigenvalue weighted by atomic mass is 19.1. The quantitative estimate of drug-likeness (QED) is 0.523. The molecule has 7 nitrogen and oxygen atoms in total. The molecule has 31 heavy (non-hydrogen) atoms. The second-order valence-corrected chi connectivity index (χ2v) is 8.55. The molecule has 5 rings (SSSR count). The number of pyridine rings is 1. The maximum Gasteiger partial charge on any atom is 0.178 e. The van der Waals surface area contributed by atoms with Gasteiger partial charge in [-0.2, -0.15) is 5.10 Å². The summed E-state index contributed by atoms with van der Waals surface area (Å²) >= 11 is 0. The van der Waals surface area contributed by atoms with Crippen LogP contribution in [-0.2, 0) is 11.8 Å². The van der Waals surface area contributed by atoms with E-state index >= 15 is 4.39 Å². The Kier molecular flexibility index (Phi) is 4.55. The summed E-state index contributed by atoms with van der Waals surface area (Å²) in [5.41, 5.74) is 5.22. The molecule has 0 aliphatic carbocycles. The number of aromatic nitrogens is 5. The van der Waals surface area contributed by atoms with E-state index in [4.69, 9.17) is 9.47 Å². The Labute approximate surface area is 179 Å². The topological polar surface area (TPSA) is 77.8 Å². The number of aromatic amines is 1. The number of aryl methyl sites for hydroxylation is 2. The fourth-order valence-corrected chi connectivity index (χ4v) is 4.09. The highest BCUT2D eigenvalue weighted by molar-refractivity contribution is 5.91. The first-order chi connectivity index (χ1) is 14.9. The fourth-order valence-electron chi connectivity index (χ4n) is 4.09. The standard InChI is InChI=1S/C23H24FN5O2/c1-13-19(14(2)29(4)28-13)18-8-15(31-11-23(3)9-30-10-23)7-17(20(18)24)16-5-6-25-22-21(16)26-12-27-22/h5-8,12H,9-11H2,1-4H3,(H,25,26,27). The average Bonchev–Trinajstić information content (AvgIpc) is 3.30. The summed E-state index contributed by atoms with van der Waals surface area (Å²) in [7, 11) is 1.86. The Balaban J connectivity index is 1.69. The van der Waals surface area contributed by atoms with Crippen molar-refractivity contribution < 1.29 is 13.9 Å². The van der Waals surface area contributed by atoms with E-state index in [9.17, 15) is 0 Å². The van der Waals surface area contributed by atoms with Crippen LogP contribution in [0.4, 0.5) is 4.39 Å². The molecule has 0 amide bonds. The molecule has 1 fully saturated rings. The Hall–Kier alpha value is -3.26. The van der Waals surface area contributed by atoms with Crippen LogP contribution in [0.3, 0.4) is 0 Å². The van der Waals surface area contributed by atoms with Crippen LogP contribution in [0.5, 0.6) is 5.75 Å². The molecule has 1 saturated heterocycles. The zero-order valence-electron chi connectivity index (χ0n) is 18.0. The van der Waals surface area contributed by atoms with E-state index in [0.717, 1.165) is 17.0 Å². The number of hydrogen-bond donors (Lipinski definition) is 1. The number of nitrogens with one attached hydrogen (secondary N) is 1. The van der Waals surface area contributed by atoms with Crippen molar-refractivity contribution in [1.82, 2.24) is 24.7 Å². The molecule has 4 aromatic rings. The van der Waals surface area contributed by atoms with Crippen LogP contribution in [0.15, 0.2) is 30.7 Å². The van der Waals surface area contributed by atoms with Gasteiger partial charge in [0.05, 0.1) is 37.4 Å². The third kappa shape index (κ3) is 3.27. The van der Waals surface area contributed by atoms with E-state index in [-0.39, 0.29) is 11.2 Å². The molecule has 1 aliphatic rings. The third-order valence-corrected chi connectivity index (χ3v) is 5.93. The number of hydrogen-bond acceptors (Lipinski definition) is 5. The Morgan fingerprint density at radius 2 is 1.97 bits per heavy atom. The van der Waals surface area contributed by atoms with Crippen LogP contribution in [0.2, 0.25) is 0 Å². The van der Waals surface area contributed by atoms with Crippen molar-refractivity contribution in [3.8, 4) is 28.0 Å². The van der Waals surface area contributed by atoms with Gasteiger partial charge in [0.15, 0.2) is 5.65 Å². The van der Waals surface area contributed by atoms with E-state index in [1.807, 2.05) is 20.9 Å². The maximum atomic E-state index is 16.0. The van der Waals surface area contributed by atoms with Gasteiger partial charge in [0.2, 0.25) is 0 Å². The van der Waals surface area contributed by atoms with Crippen molar-refractivity contribution in [2.45, 2.75) is 20.8 Å². The van der Waals surface area contributed by atoms with Gasteiger partial charge in [-0.25, -0.2) is 14.4 Å². The second-order valence-electron chi connectivity index (χ2n) is 8.55. The number of imidazole rings is 1. The SMILES string of the molecule is Cc1nn(C)c(C)c1-c1cc(OCC2(C)COC2)cc(-c2ccnc3nc[nH]c23)c1F. The van der Waals surface area contributed by atoms with Gasteiger partial charge in [-0.1, -0.05) is 6.92 Å². The van der Waals surface area contributed by atoms with Crippen LogP contribution in [-0.4, -0.2) is 44.6 Å². The molecule has 0 saturated carbocycles. The molecule has 3 aromatic heterocycles. The third-order valence-electron chi connectivity index (χ3n) is 5.93. The molecule has 0 bridgehead atoms. The highest BCUT2D eigenvalue weighted by Crippen LogP contribution is 2.39. The molecule has 160 valence electrons. The van der Waals surface area contributed by atoms with E-state index < -0.39 is 0 Å². The van der Waals surface area contributed by atoms with Crippen LogP contribution in [0.25, 0.3) is 33.4 Å². The number of ether oxygens (including phenoxy) is 2. The molecular weight excluding hydrogens is 397 g/mol. The van der Waals surface area contributed by atoms with Crippen molar-refractivity contribution >= 4 is 11.2 Å². The van der Waals surface area contributed by atoms with Crippen molar-refractivity contribution in [1.29, 1.82) is 0 Å². The first-order valence-electron chi connectivity index (χ1n) is 10.2. The Morgan fingerprint density at radius 1 is 1.19 bits per heavy atom. The Bertz CT molecular complexity index is 1290. The first kappa shape index (κ1) is 19.7. The maximum absolute atomic E-state index is 16.0. The number of nitrogens with zero attached hydrogens (tertiary/aromatic N) is 4. The predicted octanol–water partition coefficient (Wildman–Crippen LogP) is 4.20. The minimum atomic E-state index is -0.327. The van der Waals surface area contributed by atoms with Crippen molar-refractivity contribution in [2.24, 2.45) is 12.5 Å². The lowest BCUT2D eigenvalue weighted by Gasteiger charge is -2.37. The smallest absolute Gasteiger partial charge is 0.178 e. The number of fused-ring (bicyclic) bond motifs is 1. The van der Waals surface area contributed by atoms with Gasteiger partial charge in [-0.3, -0.25) is 4.68 Å². The van der Waals surface area contributed by atoms with Gasteiger partial charge in [0, 0.05) is 46.6 Å². The summed E-state index contributed by atoms with van der Waals surface area (Å²) in [6.45, 7) is 7.77. The lowest BCUT2D eigenvalue weighted by molar-refractivity contribution is -0.120. The molecule has 4 heterocycles. The van der Waals surface area contributed by atoms with Crippen LogP contribution in [0.1, 0.15) is 18.3 Å². The fraction of sp³-hybridized carbons (Fsp3) is 0.348. The Morgan fingerprint density at radius 3 is 2.65 bits per heavy atom. The van der Waals surface area contributed by atoms with Gasteiger partial charge in [0.1, 0.15) is 11.6 Å².